The molecule has 0 spiro atoms. The standard InChI is InChI=1S/C18H26N4.ClH/c1-14-11-21(10-9-19-14)13-18-15(2)20-22(16(18)3)12-17-7-5-4-6-8-17;/h4-8,14,19H,9-13H2,1-3H3;1H. The molecular weight excluding hydrogens is 308 g/mol. The summed E-state index contributed by atoms with van der Waals surface area (Å²) in [7, 11) is 0. The predicted octanol–water partition coefficient (Wildman–Crippen LogP) is 2.76. The number of aromatic nitrogens is 2. The van der Waals surface area contributed by atoms with E-state index in [0.29, 0.717) is 6.04 Å². The zero-order valence-electron chi connectivity index (χ0n) is 14.2. The Morgan fingerprint density at radius 1 is 1.17 bits per heavy atom. The molecule has 5 heteroatoms. The van der Waals surface area contributed by atoms with Crippen LogP contribution < -0.4 is 5.32 Å². The van der Waals surface area contributed by atoms with Crippen molar-refractivity contribution in [3.05, 3.63) is 52.8 Å². The van der Waals surface area contributed by atoms with Crippen LogP contribution in [-0.4, -0.2) is 40.4 Å². The van der Waals surface area contributed by atoms with Gasteiger partial charge in [0, 0.05) is 43.5 Å². The maximum atomic E-state index is 4.76. The van der Waals surface area contributed by atoms with Crippen LogP contribution in [0.4, 0.5) is 0 Å². The summed E-state index contributed by atoms with van der Waals surface area (Å²) in [5.74, 6) is 0. The Morgan fingerprint density at radius 3 is 2.61 bits per heavy atom. The normalized spacial score (nSPS) is 18.7. The summed E-state index contributed by atoms with van der Waals surface area (Å²) in [5, 5.41) is 8.27. The molecule has 0 radical (unpaired) electrons. The zero-order valence-corrected chi connectivity index (χ0v) is 15.1. The van der Waals surface area contributed by atoms with Gasteiger partial charge in [0.25, 0.3) is 0 Å². The number of hydrogen-bond donors (Lipinski definition) is 1. The largest absolute Gasteiger partial charge is 0.312 e. The summed E-state index contributed by atoms with van der Waals surface area (Å²) >= 11 is 0. The van der Waals surface area contributed by atoms with Crippen LogP contribution in [0.3, 0.4) is 0 Å². The first kappa shape index (κ1) is 18.0. The number of rotatable bonds is 4. The smallest absolute Gasteiger partial charge is 0.0662 e. The highest BCUT2D eigenvalue weighted by Gasteiger charge is 2.19. The highest BCUT2D eigenvalue weighted by atomic mass is 35.5. The van der Waals surface area contributed by atoms with E-state index in [1.807, 2.05) is 0 Å². The van der Waals surface area contributed by atoms with E-state index >= 15 is 0 Å². The van der Waals surface area contributed by atoms with Gasteiger partial charge in [-0.15, -0.1) is 12.4 Å². The second-order valence-corrected chi connectivity index (χ2v) is 6.38. The zero-order chi connectivity index (χ0) is 15.5. The molecule has 1 aromatic carbocycles. The van der Waals surface area contributed by atoms with Crippen molar-refractivity contribution in [3.8, 4) is 0 Å². The van der Waals surface area contributed by atoms with E-state index in [2.05, 4.69) is 66.0 Å². The average molecular weight is 335 g/mol. The lowest BCUT2D eigenvalue weighted by Crippen LogP contribution is -2.48. The lowest BCUT2D eigenvalue weighted by molar-refractivity contribution is 0.199. The van der Waals surface area contributed by atoms with Crippen molar-refractivity contribution in [2.24, 2.45) is 0 Å². The Bertz CT molecular complexity index is 623. The highest BCUT2D eigenvalue weighted by Crippen LogP contribution is 2.18. The van der Waals surface area contributed by atoms with Crippen molar-refractivity contribution in [2.45, 2.75) is 39.9 Å². The molecule has 4 nitrogen and oxygen atoms in total. The lowest BCUT2D eigenvalue weighted by atomic mass is 10.1. The van der Waals surface area contributed by atoms with Crippen LogP contribution in [0.5, 0.6) is 0 Å². The summed E-state index contributed by atoms with van der Waals surface area (Å²) in [6, 6.07) is 11.1. The van der Waals surface area contributed by atoms with Crippen LogP contribution in [0.2, 0.25) is 0 Å². The molecule has 0 saturated carbocycles. The fourth-order valence-electron chi connectivity index (χ4n) is 3.25. The summed E-state index contributed by atoms with van der Waals surface area (Å²) < 4.78 is 2.14. The molecule has 3 rings (SSSR count). The molecule has 1 saturated heterocycles. The Morgan fingerprint density at radius 2 is 1.91 bits per heavy atom. The number of benzene rings is 1. The fraction of sp³-hybridized carbons (Fsp3) is 0.500. The molecule has 1 aromatic heterocycles. The van der Waals surface area contributed by atoms with Crippen LogP contribution in [0, 0.1) is 13.8 Å². The summed E-state index contributed by atoms with van der Waals surface area (Å²) in [5.41, 5.74) is 5.16. The van der Waals surface area contributed by atoms with Crippen LogP contribution in [0.1, 0.15) is 29.4 Å². The van der Waals surface area contributed by atoms with Gasteiger partial charge in [-0.1, -0.05) is 30.3 Å². The minimum absolute atomic E-state index is 0. The minimum atomic E-state index is 0. The number of piperazine rings is 1. The van der Waals surface area contributed by atoms with Gasteiger partial charge in [0.15, 0.2) is 0 Å². The molecule has 1 aliphatic heterocycles. The van der Waals surface area contributed by atoms with E-state index in [0.717, 1.165) is 32.7 Å². The molecule has 1 N–H and O–H groups in total. The first-order valence-electron chi connectivity index (χ1n) is 8.16. The van der Waals surface area contributed by atoms with Gasteiger partial charge < -0.3 is 5.32 Å². The maximum Gasteiger partial charge on any atom is 0.0662 e. The van der Waals surface area contributed by atoms with Crippen molar-refractivity contribution in [1.82, 2.24) is 20.0 Å². The molecule has 126 valence electrons. The molecule has 0 aliphatic carbocycles. The van der Waals surface area contributed by atoms with E-state index in [9.17, 15) is 0 Å². The Hall–Kier alpha value is -1.36. The second-order valence-electron chi connectivity index (χ2n) is 6.38. The van der Waals surface area contributed by atoms with Crippen LogP contribution >= 0.6 is 12.4 Å². The van der Waals surface area contributed by atoms with Gasteiger partial charge in [-0.3, -0.25) is 9.58 Å². The summed E-state index contributed by atoms with van der Waals surface area (Å²) in [6.07, 6.45) is 0. The fourth-order valence-corrected chi connectivity index (χ4v) is 3.25. The number of halogens is 1. The Labute approximate surface area is 145 Å². The Kier molecular flexibility index (Phi) is 6.22. The summed E-state index contributed by atoms with van der Waals surface area (Å²) in [4.78, 5) is 2.53. The third-order valence-electron chi connectivity index (χ3n) is 4.54. The lowest BCUT2D eigenvalue weighted by Gasteiger charge is -2.31. The molecule has 2 heterocycles. The number of hydrogen-bond acceptors (Lipinski definition) is 3. The van der Waals surface area contributed by atoms with Crippen molar-refractivity contribution < 1.29 is 0 Å². The van der Waals surface area contributed by atoms with E-state index in [1.54, 1.807) is 0 Å². The third kappa shape index (κ3) is 4.34. The molecule has 1 unspecified atom stereocenters. The van der Waals surface area contributed by atoms with Crippen LogP contribution in [0.25, 0.3) is 0 Å². The van der Waals surface area contributed by atoms with Crippen molar-refractivity contribution in [1.29, 1.82) is 0 Å². The average Bonchev–Trinajstić information content (AvgIpc) is 2.76. The minimum Gasteiger partial charge on any atom is -0.312 e. The molecule has 1 aliphatic rings. The first-order valence-corrected chi connectivity index (χ1v) is 8.16. The van der Waals surface area contributed by atoms with Gasteiger partial charge >= 0.3 is 0 Å². The van der Waals surface area contributed by atoms with Gasteiger partial charge in [0.1, 0.15) is 0 Å². The quantitative estimate of drug-likeness (QED) is 0.933. The molecule has 1 atom stereocenters. The highest BCUT2D eigenvalue weighted by molar-refractivity contribution is 5.85. The van der Waals surface area contributed by atoms with E-state index < -0.39 is 0 Å². The molecular formula is C18H27ClN4. The number of aryl methyl sites for hydroxylation is 1. The number of nitrogens with one attached hydrogen (secondary N) is 1. The molecule has 0 amide bonds. The second kappa shape index (κ2) is 7.95. The Balaban J connectivity index is 0.00000192. The number of nitrogens with zero attached hydrogens (tertiary/aromatic N) is 3. The monoisotopic (exact) mass is 334 g/mol. The van der Waals surface area contributed by atoms with Crippen molar-refractivity contribution in [2.75, 3.05) is 19.6 Å². The predicted molar refractivity (Wildman–Crippen MR) is 97.2 cm³/mol. The van der Waals surface area contributed by atoms with Crippen molar-refractivity contribution >= 4 is 12.4 Å². The molecule has 0 bridgehead atoms. The SMILES string of the molecule is Cc1nn(Cc2ccccc2)c(C)c1CN1CCNC(C)C1.Cl. The van der Waals surface area contributed by atoms with E-state index in [1.165, 1.54) is 22.5 Å². The maximum absolute atomic E-state index is 4.76. The van der Waals surface area contributed by atoms with Gasteiger partial charge in [-0.2, -0.15) is 5.10 Å². The van der Waals surface area contributed by atoms with E-state index in [4.69, 9.17) is 5.10 Å². The van der Waals surface area contributed by atoms with Gasteiger partial charge in [-0.05, 0) is 26.3 Å². The van der Waals surface area contributed by atoms with E-state index in [-0.39, 0.29) is 12.4 Å². The molecule has 1 fully saturated rings. The molecule has 2 aromatic rings. The van der Waals surface area contributed by atoms with Crippen molar-refractivity contribution in [3.63, 3.8) is 0 Å². The third-order valence-corrected chi connectivity index (χ3v) is 4.54. The van der Waals surface area contributed by atoms with Gasteiger partial charge in [0.05, 0.1) is 12.2 Å². The first-order chi connectivity index (χ1) is 10.6. The van der Waals surface area contributed by atoms with Crippen LogP contribution in [-0.2, 0) is 13.1 Å². The summed E-state index contributed by atoms with van der Waals surface area (Å²) in [6.45, 7) is 11.8. The molecule has 23 heavy (non-hydrogen) atoms. The van der Waals surface area contributed by atoms with Gasteiger partial charge in [0.2, 0.25) is 0 Å². The van der Waals surface area contributed by atoms with Crippen LogP contribution in [0.15, 0.2) is 30.3 Å². The van der Waals surface area contributed by atoms with Gasteiger partial charge in [-0.25, -0.2) is 0 Å². The topological polar surface area (TPSA) is 33.1 Å².